The van der Waals surface area contributed by atoms with E-state index in [9.17, 15) is 4.39 Å². The first kappa shape index (κ1) is 25.7. The van der Waals surface area contributed by atoms with Crippen LogP contribution in [0.15, 0.2) is 85.5 Å². The first-order chi connectivity index (χ1) is 17.8. The van der Waals surface area contributed by atoms with Crippen molar-refractivity contribution >= 4 is 22.2 Å². The molecule has 0 saturated heterocycles. The SMILES string of the molecule is C=C/C=C(/c1ccc(F)cc1)c1nc(-c2n[nH]c3ccc(C(/C=C(\C=C)CN(C)C)=C/C)nc23)[nH]c1C. The fourth-order valence-corrected chi connectivity index (χ4v) is 4.16. The van der Waals surface area contributed by atoms with E-state index in [1.807, 2.05) is 58.3 Å². The monoisotopic (exact) mass is 494 g/mol. The number of hydrogen-bond acceptors (Lipinski definition) is 4. The molecule has 7 heteroatoms. The number of benzene rings is 1. The molecule has 37 heavy (non-hydrogen) atoms. The van der Waals surface area contributed by atoms with Crippen LogP contribution < -0.4 is 0 Å². The summed E-state index contributed by atoms with van der Waals surface area (Å²) in [7, 11) is 4.06. The highest BCUT2D eigenvalue weighted by Gasteiger charge is 2.19. The van der Waals surface area contributed by atoms with Crippen LogP contribution in [0.5, 0.6) is 0 Å². The molecule has 0 aliphatic carbocycles. The van der Waals surface area contributed by atoms with Gasteiger partial charge in [0.2, 0.25) is 0 Å². The van der Waals surface area contributed by atoms with E-state index in [1.54, 1.807) is 18.2 Å². The average Bonchev–Trinajstić information content (AvgIpc) is 3.48. The Morgan fingerprint density at radius 1 is 1.08 bits per heavy atom. The first-order valence-electron chi connectivity index (χ1n) is 12.0. The number of hydrogen-bond donors (Lipinski definition) is 2. The van der Waals surface area contributed by atoms with Crippen molar-refractivity contribution in [2.24, 2.45) is 0 Å². The lowest BCUT2D eigenvalue weighted by Crippen LogP contribution is -2.14. The number of pyridine rings is 1. The summed E-state index contributed by atoms with van der Waals surface area (Å²) in [4.78, 5) is 15.3. The number of aromatic amines is 2. The van der Waals surface area contributed by atoms with E-state index in [0.717, 1.165) is 51.4 Å². The molecule has 0 bridgehead atoms. The van der Waals surface area contributed by atoms with Gasteiger partial charge >= 0.3 is 0 Å². The highest BCUT2D eigenvalue weighted by atomic mass is 19.1. The number of likely N-dealkylation sites (N-methyl/N-ethyl adjacent to an activating group) is 1. The van der Waals surface area contributed by atoms with Crippen LogP contribution in [0.3, 0.4) is 0 Å². The van der Waals surface area contributed by atoms with E-state index in [-0.39, 0.29) is 5.82 Å². The molecule has 3 aromatic heterocycles. The maximum Gasteiger partial charge on any atom is 0.161 e. The number of halogens is 1. The molecule has 188 valence electrons. The Morgan fingerprint density at radius 3 is 2.49 bits per heavy atom. The third-order valence-electron chi connectivity index (χ3n) is 5.92. The van der Waals surface area contributed by atoms with E-state index < -0.39 is 0 Å². The lowest BCUT2D eigenvalue weighted by atomic mass is 10.0. The van der Waals surface area contributed by atoms with Gasteiger partial charge in [0, 0.05) is 17.8 Å². The van der Waals surface area contributed by atoms with Crippen LogP contribution in [0.25, 0.3) is 33.7 Å². The standard InChI is InChI=1S/C30H31FN6/c1-7-10-24(22-11-13-23(31)14-12-22)27-19(4)32-30(34-27)29-28-26(35-36-29)16-15-25(33-28)21(9-3)17-20(8-2)18-37(5)6/h7-17H,1-2,18H2,3-6H3,(H,32,34)(H,35,36)/b20-17+,21-9+,24-10-. The molecule has 0 radical (unpaired) electrons. The minimum Gasteiger partial charge on any atom is -0.340 e. The van der Waals surface area contributed by atoms with Crippen molar-refractivity contribution in [3.8, 4) is 11.5 Å². The summed E-state index contributed by atoms with van der Waals surface area (Å²) >= 11 is 0. The number of imidazole rings is 1. The summed E-state index contributed by atoms with van der Waals surface area (Å²) in [5.41, 5.74) is 8.35. The maximum absolute atomic E-state index is 13.5. The van der Waals surface area contributed by atoms with Gasteiger partial charge in [-0.25, -0.2) is 14.4 Å². The Balaban J connectivity index is 1.77. The molecule has 6 nitrogen and oxygen atoms in total. The Kier molecular flexibility index (Phi) is 7.74. The van der Waals surface area contributed by atoms with Crippen LogP contribution in [-0.2, 0) is 0 Å². The second-order valence-corrected chi connectivity index (χ2v) is 8.95. The number of H-pyrrole nitrogens is 2. The molecule has 4 rings (SSSR count). The predicted octanol–water partition coefficient (Wildman–Crippen LogP) is 6.49. The van der Waals surface area contributed by atoms with Gasteiger partial charge in [-0.15, -0.1) is 0 Å². The topological polar surface area (TPSA) is 73.5 Å². The van der Waals surface area contributed by atoms with Crippen molar-refractivity contribution in [2.75, 3.05) is 20.6 Å². The number of fused-ring (bicyclic) bond motifs is 1. The lowest BCUT2D eigenvalue weighted by Gasteiger charge is -2.11. The molecule has 0 fully saturated rings. The number of nitrogens with zero attached hydrogens (tertiary/aromatic N) is 4. The second kappa shape index (κ2) is 11.1. The molecule has 0 saturated carbocycles. The van der Waals surface area contributed by atoms with Crippen LogP contribution in [-0.4, -0.2) is 50.7 Å². The van der Waals surface area contributed by atoms with E-state index in [2.05, 4.69) is 39.3 Å². The molecule has 0 aliphatic heterocycles. The molecule has 0 spiro atoms. The van der Waals surface area contributed by atoms with E-state index >= 15 is 0 Å². The first-order valence-corrected chi connectivity index (χ1v) is 12.0. The molecule has 1 aromatic carbocycles. The van der Waals surface area contributed by atoms with Gasteiger partial charge in [0.05, 0.1) is 16.9 Å². The van der Waals surface area contributed by atoms with Crippen LogP contribution in [0.1, 0.15) is 29.6 Å². The number of nitrogens with one attached hydrogen (secondary N) is 2. The van der Waals surface area contributed by atoms with Crippen LogP contribution in [0.4, 0.5) is 4.39 Å². The molecule has 2 N–H and O–H groups in total. The third-order valence-corrected chi connectivity index (χ3v) is 5.92. The molecule has 4 aromatic rings. The Morgan fingerprint density at radius 2 is 1.84 bits per heavy atom. The minimum absolute atomic E-state index is 0.289. The van der Waals surface area contributed by atoms with Gasteiger partial charge < -0.3 is 9.88 Å². The largest absolute Gasteiger partial charge is 0.340 e. The fraction of sp³-hybridized carbons (Fsp3) is 0.167. The van der Waals surface area contributed by atoms with E-state index in [4.69, 9.17) is 9.97 Å². The molecule has 3 heterocycles. The molecule has 0 atom stereocenters. The van der Waals surface area contributed by atoms with Gasteiger partial charge in [-0.05, 0) is 75.0 Å². The molecular weight excluding hydrogens is 463 g/mol. The normalized spacial score (nSPS) is 13.0. The molecule has 0 aliphatic rings. The zero-order valence-corrected chi connectivity index (χ0v) is 21.6. The number of rotatable bonds is 9. The zero-order chi connectivity index (χ0) is 26.5. The van der Waals surface area contributed by atoms with E-state index in [1.165, 1.54) is 12.1 Å². The fourth-order valence-electron chi connectivity index (χ4n) is 4.16. The molecular formula is C30H31FN6. The quantitative estimate of drug-likeness (QED) is 0.261. The average molecular weight is 495 g/mol. The number of aromatic nitrogens is 5. The van der Waals surface area contributed by atoms with Gasteiger partial charge in [0.15, 0.2) is 11.5 Å². The molecule has 0 unspecified atom stereocenters. The van der Waals surface area contributed by atoms with Crippen molar-refractivity contribution in [2.45, 2.75) is 13.8 Å². The smallest absolute Gasteiger partial charge is 0.161 e. The van der Waals surface area contributed by atoms with Gasteiger partial charge in [-0.3, -0.25) is 5.10 Å². The Hall–Kier alpha value is -4.36. The summed E-state index contributed by atoms with van der Waals surface area (Å²) in [5.74, 6) is 0.306. The van der Waals surface area contributed by atoms with Crippen LogP contribution in [0, 0.1) is 12.7 Å². The lowest BCUT2D eigenvalue weighted by molar-refractivity contribution is 0.449. The Labute approximate surface area is 216 Å². The zero-order valence-electron chi connectivity index (χ0n) is 21.6. The summed E-state index contributed by atoms with van der Waals surface area (Å²) in [6.07, 6.45) is 9.58. The van der Waals surface area contributed by atoms with Crippen molar-refractivity contribution in [1.82, 2.24) is 30.0 Å². The maximum atomic E-state index is 13.5. The summed E-state index contributed by atoms with van der Waals surface area (Å²) in [5, 5.41) is 7.59. The minimum atomic E-state index is -0.289. The van der Waals surface area contributed by atoms with E-state index in [0.29, 0.717) is 17.0 Å². The van der Waals surface area contributed by atoms with Gasteiger partial charge in [-0.2, -0.15) is 5.10 Å². The highest BCUT2D eigenvalue weighted by Crippen LogP contribution is 2.30. The summed E-state index contributed by atoms with van der Waals surface area (Å²) < 4.78 is 13.5. The highest BCUT2D eigenvalue weighted by molar-refractivity contribution is 5.90. The predicted molar refractivity (Wildman–Crippen MR) is 150 cm³/mol. The summed E-state index contributed by atoms with van der Waals surface area (Å²) in [6, 6.07) is 10.3. The van der Waals surface area contributed by atoms with Gasteiger partial charge in [-0.1, -0.05) is 49.6 Å². The second-order valence-electron chi connectivity index (χ2n) is 8.95. The van der Waals surface area contributed by atoms with Crippen LogP contribution >= 0.6 is 0 Å². The third kappa shape index (κ3) is 5.57. The van der Waals surface area contributed by atoms with Gasteiger partial charge in [0.25, 0.3) is 0 Å². The Bertz CT molecular complexity index is 1530. The van der Waals surface area contributed by atoms with Crippen molar-refractivity contribution in [1.29, 1.82) is 0 Å². The van der Waals surface area contributed by atoms with Gasteiger partial charge in [0.1, 0.15) is 11.3 Å². The number of allylic oxidation sites excluding steroid dienone is 5. The van der Waals surface area contributed by atoms with Crippen LogP contribution in [0.2, 0.25) is 0 Å². The van der Waals surface area contributed by atoms with Crippen molar-refractivity contribution < 1.29 is 4.39 Å². The summed E-state index contributed by atoms with van der Waals surface area (Å²) in [6.45, 7) is 12.5. The van der Waals surface area contributed by atoms with Crippen molar-refractivity contribution in [3.63, 3.8) is 0 Å². The molecule has 0 amide bonds. The number of aryl methyl sites for hydroxylation is 1. The van der Waals surface area contributed by atoms with Crippen molar-refractivity contribution in [3.05, 3.63) is 114 Å².